The lowest BCUT2D eigenvalue weighted by molar-refractivity contribution is 0.172. The molecule has 1 unspecified atom stereocenters. The second-order valence-corrected chi connectivity index (χ2v) is 7.77. The van der Waals surface area contributed by atoms with Crippen LogP contribution >= 0.6 is 0 Å². The SMILES string of the molecule is COCCC1(CNS(=O)(=O)N2CCCCC2CN)CC1. The minimum absolute atomic E-state index is 0.0459. The molecule has 1 atom stereocenters. The van der Waals surface area contributed by atoms with E-state index in [1.165, 1.54) is 0 Å². The molecule has 7 heteroatoms. The fraction of sp³-hybridized carbons (Fsp3) is 1.00. The molecular formula is C13H27N3O3S. The Kier molecular flexibility index (Phi) is 5.42. The molecule has 2 fully saturated rings. The summed E-state index contributed by atoms with van der Waals surface area (Å²) in [5.41, 5.74) is 5.82. The Morgan fingerprint density at radius 2 is 2.15 bits per heavy atom. The number of methoxy groups -OCH3 is 1. The molecule has 6 nitrogen and oxygen atoms in total. The second kappa shape index (κ2) is 6.70. The van der Waals surface area contributed by atoms with Crippen LogP contribution in [0.2, 0.25) is 0 Å². The summed E-state index contributed by atoms with van der Waals surface area (Å²) >= 11 is 0. The van der Waals surface area contributed by atoms with Gasteiger partial charge in [-0.1, -0.05) is 6.42 Å². The molecule has 1 heterocycles. The van der Waals surface area contributed by atoms with E-state index in [9.17, 15) is 8.42 Å². The molecule has 1 saturated carbocycles. The first kappa shape index (κ1) is 16.2. The van der Waals surface area contributed by atoms with Gasteiger partial charge in [-0.3, -0.25) is 0 Å². The van der Waals surface area contributed by atoms with Crippen LogP contribution in [0.4, 0.5) is 0 Å². The van der Waals surface area contributed by atoms with Crippen molar-refractivity contribution in [2.24, 2.45) is 11.1 Å². The normalized spacial score (nSPS) is 26.6. The molecule has 20 heavy (non-hydrogen) atoms. The van der Waals surface area contributed by atoms with E-state index in [2.05, 4.69) is 4.72 Å². The van der Waals surface area contributed by atoms with Crippen molar-refractivity contribution in [1.82, 2.24) is 9.03 Å². The first-order valence-corrected chi connectivity index (χ1v) is 8.92. The van der Waals surface area contributed by atoms with E-state index in [0.29, 0.717) is 26.2 Å². The summed E-state index contributed by atoms with van der Waals surface area (Å²) in [4.78, 5) is 0. The van der Waals surface area contributed by atoms with Gasteiger partial charge in [0, 0.05) is 39.4 Å². The van der Waals surface area contributed by atoms with Gasteiger partial charge < -0.3 is 10.5 Å². The molecule has 2 aliphatic rings. The number of nitrogens with zero attached hydrogens (tertiary/aromatic N) is 1. The highest BCUT2D eigenvalue weighted by molar-refractivity contribution is 7.87. The molecule has 1 aliphatic heterocycles. The lowest BCUT2D eigenvalue weighted by atomic mass is 10.0. The quantitative estimate of drug-likeness (QED) is 0.682. The number of piperidine rings is 1. The molecule has 1 saturated heterocycles. The van der Waals surface area contributed by atoms with Gasteiger partial charge in [0.05, 0.1) is 0 Å². The third kappa shape index (κ3) is 3.92. The van der Waals surface area contributed by atoms with E-state index in [4.69, 9.17) is 10.5 Å². The van der Waals surface area contributed by atoms with Gasteiger partial charge >= 0.3 is 0 Å². The topological polar surface area (TPSA) is 84.7 Å². The van der Waals surface area contributed by atoms with Crippen molar-refractivity contribution in [3.63, 3.8) is 0 Å². The van der Waals surface area contributed by atoms with E-state index >= 15 is 0 Å². The maximum atomic E-state index is 12.4. The van der Waals surface area contributed by atoms with Crippen molar-refractivity contribution in [2.45, 2.75) is 44.6 Å². The van der Waals surface area contributed by atoms with Crippen LogP contribution < -0.4 is 10.5 Å². The van der Waals surface area contributed by atoms with Crippen molar-refractivity contribution < 1.29 is 13.2 Å². The van der Waals surface area contributed by atoms with E-state index in [1.807, 2.05) is 0 Å². The fourth-order valence-electron chi connectivity index (χ4n) is 2.86. The third-order valence-corrected chi connectivity index (χ3v) is 6.18. The summed E-state index contributed by atoms with van der Waals surface area (Å²) in [6.07, 6.45) is 5.94. The van der Waals surface area contributed by atoms with Gasteiger partial charge in [0.1, 0.15) is 0 Å². The highest BCUT2D eigenvalue weighted by Crippen LogP contribution is 2.48. The van der Waals surface area contributed by atoms with Crippen LogP contribution in [0, 0.1) is 5.41 Å². The first-order chi connectivity index (χ1) is 9.53. The average molecular weight is 305 g/mol. The predicted octanol–water partition coefficient (Wildman–Crippen LogP) is 0.451. The minimum atomic E-state index is -3.40. The Labute approximate surface area is 122 Å². The summed E-state index contributed by atoms with van der Waals surface area (Å²) in [5, 5.41) is 0. The summed E-state index contributed by atoms with van der Waals surface area (Å²) in [6.45, 7) is 2.20. The summed E-state index contributed by atoms with van der Waals surface area (Å²) in [6, 6.07) is -0.0459. The molecule has 0 radical (unpaired) electrons. The number of ether oxygens (including phenoxy) is 1. The number of hydrogen-bond donors (Lipinski definition) is 2. The van der Waals surface area contributed by atoms with Crippen molar-refractivity contribution in [3.8, 4) is 0 Å². The zero-order valence-corrected chi connectivity index (χ0v) is 13.1. The zero-order chi connectivity index (χ0) is 14.6. The Morgan fingerprint density at radius 1 is 1.40 bits per heavy atom. The summed E-state index contributed by atoms with van der Waals surface area (Å²) in [7, 11) is -1.72. The van der Waals surface area contributed by atoms with Gasteiger partial charge in [0.2, 0.25) is 0 Å². The Bertz CT molecular complexity index is 409. The minimum Gasteiger partial charge on any atom is -0.385 e. The lowest BCUT2D eigenvalue weighted by Gasteiger charge is -2.34. The maximum absolute atomic E-state index is 12.4. The monoisotopic (exact) mass is 305 g/mol. The van der Waals surface area contributed by atoms with Crippen LogP contribution in [0.1, 0.15) is 38.5 Å². The van der Waals surface area contributed by atoms with E-state index < -0.39 is 10.2 Å². The van der Waals surface area contributed by atoms with Crippen molar-refractivity contribution in [3.05, 3.63) is 0 Å². The van der Waals surface area contributed by atoms with Gasteiger partial charge in [-0.05, 0) is 37.5 Å². The van der Waals surface area contributed by atoms with Crippen molar-refractivity contribution in [1.29, 1.82) is 0 Å². The highest BCUT2D eigenvalue weighted by Gasteiger charge is 2.43. The van der Waals surface area contributed by atoms with Gasteiger partial charge in [-0.25, -0.2) is 4.72 Å². The van der Waals surface area contributed by atoms with E-state index in [1.54, 1.807) is 11.4 Å². The summed E-state index contributed by atoms with van der Waals surface area (Å²) in [5.74, 6) is 0. The average Bonchev–Trinajstić information content (AvgIpc) is 3.24. The lowest BCUT2D eigenvalue weighted by Crippen LogP contribution is -2.52. The van der Waals surface area contributed by atoms with Crippen molar-refractivity contribution in [2.75, 3.05) is 33.4 Å². The van der Waals surface area contributed by atoms with Gasteiger partial charge in [-0.2, -0.15) is 12.7 Å². The largest absolute Gasteiger partial charge is 0.385 e. The van der Waals surface area contributed by atoms with Crippen LogP contribution in [0.5, 0.6) is 0 Å². The highest BCUT2D eigenvalue weighted by atomic mass is 32.2. The van der Waals surface area contributed by atoms with E-state index in [0.717, 1.165) is 38.5 Å². The number of nitrogens with two attached hydrogens (primary N) is 1. The molecule has 0 bridgehead atoms. The van der Waals surface area contributed by atoms with Crippen LogP contribution in [-0.4, -0.2) is 52.1 Å². The molecular weight excluding hydrogens is 278 g/mol. The molecule has 0 amide bonds. The number of hydrogen-bond acceptors (Lipinski definition) is 4. The van der Waals surface area contributed by atoms with Crippen LogP contribution in [0.25, 0.3) is 0 Å². The Morgan fingerprint density at radius 3 is 2.75 bits per heavy atom. The second-order valence-electron chi connectivity index (χ2n) is 6.06. The fourth-order valence-corrected chi connectivity index (χ4v) is 4.47. The van der Waals surface area contributed by atoms with Gasteiger partial charge in [0.25, 0.3) is 10.2 Å². The molecule has 2 rings (SSSR count). The van der Waals surface area contributed by atoms with Crippen LogP contribution in [0.3, 0.4) is 0 Å². The molecule has 0 aromatic rings. The maximum Gasteiger partial charge on any atom is 0.279 e. The molecule has 3 N–H and O–H groups in total. The van der Waals surface area contributed by atoms with E-state index in [-0.39, 0.29) is 11.5 Å². The smallest absolute Gasteiger partial charge is 0.279 e. The van der Waals surface area contributed by atoms with Crippen LogP contribution in [-0.2, 0) is 14.9 Å². The van der Waals surface area contributed by atoms with Crippen LogP contribution in [0.15, 0.2) is 0 Å². The Hall–Kier alpha value is -0.210. The third-order valence-electron chi connectivity index (χ3n) is 4.58. The Balaban J connectivity index is 1.90. The molecule has 1 aliphatic carbocycles. The predicted molar refractivity (Wildman–Crippen MR) is 78.5 cm³/mol. The van der Waals surface area contributed by atoms with Gasteiger partial charge in [-0.15, -0.1) is 0 Å². The van der Waals surface area contributed by atoms with Crippen molar-refractivity contribution >= 4 is 10.2 Å². The molecule has 0 spiro atoms. The van der Waals surface area contributed by atoms with Gasteiger partial charge in [0.15, 0.2) is 0 Å². The molecule has 0 aromatic heterocycles. The number of nitrogens with one attached hydrogen (secondary N) is 1. The zero-order valence-electron chi connectivity index (χ0n) is 12.3. The molecule has 0 aromatic carbocycles. The molecule has 118 valence electrons. The summed E-state index contributed by atoms with van der Waals surface area (Å²) < 4.78 is 34.3. The standard InChI is InChI=1S/C13H27N3O3S/c1-19-9-7-13(5-6-13)11-15-20(17,18)16-8-3-2-4-12(16)10-14/h12,15H,2-11,14H2,1H3. The number of rotatable bonds is 8. The first-order valence-electron chi connectivity index (χ1n) is 7.48.